The second-order valence-electron chi connectivity index (χ2n) is 4.25. The van der Waals surface area contributed by atoms with Crippen LogP contribution < -0.4 is 10.6 Å². The fourth-order valence-corrected chi connectivity index (χ4v) is 1.36. The van der Waals surface area contributed by atoms with Gasteiger partial charge in [0.2, 0.25) is 5.91 Å². The van der Waals surface area contributed by atoms with Crippen molar-refractivity contribution < 1.29 is 19.1 Å². The second-order valence-corrected chi connectivity index (χ2v) is 4.25. The quantitative estimate of drug-likeness (QED) is 0.666. The van der Waals surface area contributed by atoms with Crippen LogP contribution in [0.15, 0.2) is 18.6 Å². The molecular formula is C13H18N4O4. The third-order valence-electron chi connectivity index (χ3n) is 2.43. The maximum atomic E-state index is 11.6. The molecule has 0 aromatic carbocycles. The topological polar surface area (TPSA) is 110 Å². The monoisotopic (exact) mass is 294 g/mol. The van der Waals surface area contributed by atoms with E-state index in [-0.39, 0.29) is 11.6 Å². The summed E-state index contributed by atoms with van der Waals surface area (Å²) >= 11 is 0. The van der Waals surface area contributed by atoms with Gasteiger partial charge in [0.15, 0.2) is 12.3 Å². The van der Waals surface area contributed by atoms with Gasteiger partial charge in [0.1, 0.15) is 6.04 Å². The van der Waals surface area contributed by atoms with Gasteiger partial charge in [-0.05, 0) is 13.3 Å². The molecule has 2 N–H and O–H groups in total. The van der Waals surface area contributed by atoms with Gasteiger partial charge in [-0.2, -0.15) is 0 Å². The summed E-state index contributed by atoms with van der Waals surface area (Å²) in [5.41, 5.74) is 0.0130. The highest BCUT2D eigenvalue weighted by atomic mass is 16.5. The average Bonchev–Trinajstić information content (AvgIpc) is 2.50. The number of amides is 2. The van der Waals surface area contributed by atoms with Crippen LogP contribution in [0.1, 0.15) is 30.8 Å². The van der Waals surface area contributed by atoms with Crippen LogP contribution in [0, 0.1) is 0 Å². The fourth-order valence-electron chi connectivity index (χ4n) is 1.36. The third kappa shape index (κ3) is 5.98. The lowest BCUT2D eigenvalue weighted by molar-refractivity contribution is -0.130. The van der Waals surface area contributed by atoms with Crippen molar-refractivity contribution in [2.24, 2.45) is 0 Å². The van der Waals surface area contributed by atoms with Crippen LogP contribution >= 0.6 is 0 Å². The van der Waals surface area contributed by atoms with Crippen LogP contribution in [0.3, 0.4) is 0 Å². The molecule has 0 fully saturated rings. The van der Waals surface area contributed by atoms with E-state index < -0.39 is 24.5 Å². The Balaban J connectivity index is 2.34. The van der Waals surface area contributed by atoms with Crippen molar-refractivity contribution in [2.75, 3.05) is 13.2 Å². The molecule has 0 unspecified atom stereocenters. The molecule has 1 heterocycles. The Hall–Kier alpha value is -2.51. The molecule has 0 aliphatic carbocycles. The molecule has 8 heteroatoms. The highest BCUT2D eigenvalue weighted by Crippen LogP contribution is 1.94. The van der Waals surface area contributed by atoms with Gasteiger partial charge in [-0.3, -0.25) is 14.6 Å². The fraction of sp³-hybridized carbons (Fsp3) is 0.462. The molecule has 8 nitrogen and oxygen atoms in total. The van der Waals surface area contributed by atoms with E-state index in [4.69, 9.17) is 4.74 Å². The summed E-state index contributed by atoms with van der Waals surface area (Å²) in [4.78, 5) is 42.1. The van der Waals surface area contributed by atoms with Crippen LogP contribution in [0.4, 0.5) is 0 Å². The lowest BCUT2D eigenvalue weighted by Gasteiger charge is -2.13. The van der Waals surface area contributed by atoms with Gasteiger partial charge in [0.25, 0.3) is 5.91 Å². The molecule has 0 saturated heterocycles. The van der Waals surface area contributed by atoms with E-state index >= 15 is 0 Å². The Morgan fingerprint density at radius 2 is 2.10 bits per heavy atom. The van der Waals surface area contributed by atoms with E-state index in [1.165, 1.54) is 18.6 Å². The summed E-state index contributed by atoms with van der Waals surface area (Å²) < 4.78 is 4.77. The molecule has 114 valence electrons. The number of rotatable bonds is 7. The number of ether oxygens (including phenoxy) is 1. The number of nitrogens with zero attached hydrogens (tertiary/aromatic N) is 2. The number of aromatic nitrogens is 2. The van der Waals surface area contributed by atoms with Gasteiger partial charge in [-0.1, -0.05) is 6.92 Å². The second kappa shape index (κ2) is 8.62. The van der Waals surface area contributed by atoms with Crippen molar-refractivity contribution in [3.8, 4) is 0 Å². The zero-order chi connectivity index (χ0) is 15.7. The summed E-state index contributed by atoms with van der Waals surface area (Å²) in [6, 6.07) is -0.695. The number of nitrogens with one attached hydrogen (secondary N) is 2. The largest absolute Gasteiger partial charge is 0.451 e. The van der Waals surface area contributed by atoms with E-state index in [1.807, 2.05) is 6.92 Å². The van der Waals surface area contributed by atoms with Crippen molar-refractivity contribution in [1.82, 2.24) is 20.6 Å². The molecule has 1 aromatic rings. The average molecular weight is 294 g/mol. The first-order chi connectivity index (χ1) is 10.0. The van der Waals surface area contributed by atoms with Gasteiger partial charge in [-0.15, -0.1) is 0 Å². The van der Waals surface area contributed by atoms with Gasteiger partial charge < -0.3 is 15.4 Å². The Bertz CT molecular complexity index is 492. The summed E-state index contributed by atoms with van der Waals surface area (Å²) in [5, 5.41) is 5.08. The predicted octanol–water partition coefficient (Wildman–Crippen LogP) is -0.336. The molecule has 21 heavy (non-hydrogen) atoms. The molecule has 2 amide bonds. The molecule has 0 radical (unpaired) electrons. The lowest BCUT2D eigenvalue weighted by Crippen LogP contribution is -2.46. The van der Waals surface area contributed by atoms with Gasteiger partial charge in [0.05, 0.1) is 6.20 Å². The van der Waals surface area contributed by atoms with Crippen LogP contribution in [-0.2, 0) is 14.3 Å². The summed E-state index contributed by atoms with van der Waals surface area (Å²) in [5.74, 6) is -1.60. The minimum Gasteiger partial charge on any atom is -0.451 e. The molecule has 1 aromatic heterocycles. The van der Waals surface area contributed by atoms with Crippen LogP contribution in [0.2, 0.25) is 0 Å². The number of hydrogen-bond acceptors (Lipinski definition) is 6. The lowest BCUT2D eigenvalue weighted by atomic mass is 10.3. The van der Waals surface area contributed by atoms with Crippen molar-refractivity contribution >= 4 is 17.8 Å². The number of carbonyl (C=O) groups excluding carboxylic acids is 3. The summed E-state index contributed by atoms with van der Waals surface area (Å²) in [7, 11) is 0. The van der Waals surface area contributed by atoms with Crippen molar-refractivity contribution in [3.63, 3.8) is 0 Å². The van der Waals surface area contributed by atoms with Crippen LogP contribution in [0.5, 0.6) is 0 Å². The molecule has 0 aliphatic heterocycles. The molecule has 0 aliphatic rings. The van der Waals surface area contributed by atoms with E-state index in [0.29, 0.717) is 6.54 Å². The van der Waals surface area contributed by atoms with Crippen molar-refractivity contribution in [3.05, 3.63) is 24.3 Å². The maximum Gasteiger partial charge on any atom is 0.359 e. The van der Waals surface area contributed by atoms with E-state index in [1.54, 1.807) is 6.92 Å². The highest BCUT2D eigenvalue weighted by molar-refractivity contribution is 5.91. The predicted molar refractivity (Wildman–Crippen MR) is 73.2 cm³/mol. The normalized spacial score (nSPS) is 11.3. The smallest absolute Gasteiger partial charge is 0.359 e. The molecule has 0 saturated carbocycles. The zero-order valence-electron chi connectivity index (χ0n) is 12.0. The maximum absolute atomic E-state index is 11.6. The van der Waals surface area contributed by atoms with Gasteiger partial charge >= 0.3 is 5.97 Å². The Morgan fingerprint density at radius 1 is 1.33 bits per heavy atom. The molecule has 1 rings (SSSR count). The Labute approximate surface area is 122 Å². The SMILES string of the molecule is CCCNC(=O)[C@@H](C)NC(=O)COC(=O)c1cnccn1. The molecule has 0 spiro atoms. The summed E-state index contributed by atoms with van der Waals surface area (Å²) in [6.07, 6.45) is 4.81. The van der Waals surface area contributed by atoms with Crippen molar-refractivity contribution in [1.29, 1.82) is 0 Å². The number of carbonyl (C=O) groups is 3. The minimum absolute atomic E-state index is 0.0130. The van der Waals surface area contributed by atoms with Gasteiger partial charge in [0, 0.05) is 18.9 Å². The first-order valence-corrected chi connectivity index (χ1v) is 6.54. The van der Waals surface area contributed by atoms with E-state index in [0.717, 1.165) is 6.42 Å². The third-order valence-corrected chi connectivity index (χ3v) is 2.43. The standard InChI is InChI=1S/C13H18N4O4/c1-3-4-16-12(19)9(2)17-11(18)8-21-13(20)10-7-14-5-6-15-10/h5-7,9H,3-4,8H2,1-2H3,(H,16,19)(H,17,18)/t9-/m1/s1. The molecule has 0 bridgehead atoms. The molecular weight excluding hydrogens is 276 g/mol. The van der Waals surface area contributed by atoms with Crippen LogP contribution in [-0.4, -0.2) is 46.9 Å². The van der Waals surface area contributed by atoms with Gasteiger partial charge in [-0.25, -0.2) is 9.78 Å². The summed E-state index contributed by atoms with van der Waals surface area (Å²) in [6.45, 7) is 3.53. The molecule has 1 atom stereocenters. The first kappa shape index (κ1) is 16.5. The van der Waals surface area contributed by atoms with E-state index in [2.05, 4.69) is 20.6 Å². The Morgan fingerprint density at radius 3 is 2.71 bits per heavy atom. The van der Waals surface area contributed by atoms with Crippen molar-refractivity contribution in [2.45, 2.75) is 26.3 Å². The number of esters is 1. The first-order valence-electron chi connectivity index (χ1n) is 6.54. The van der Waals surface area contributed by atoms with Crippen LogP contribution in [0.25, 0.3) is 0 Å². The highest BCUT2D eigenvalue weighted by Gasteiger charge is 2.16. The van der Waals surface area contributed by atoms with E-state index in [9.17, 15) is 14.4 Å². The number of hydrogen-bond donors (Lipinski definition) is 2. The zero-order valence-corrected chi connectivity index (χ0v) is 12.0. The Kier molecular flexibility index (Phi) is 6.79. The minimum atomic E-state index is -0.749.